The zero-order valence-electron chi connectivity index (χ0n) is 9.58. The average molecular weight is 269 g/mol. The molecule has 0 aromatic carbocycles. The van der Waals surface area contributed by atoms with Crippen LogP contribution in [-0.4, -0.2) is 32.4 Å². The minimum Gasteiger partial charge on any atom is -0.394 e. The third-order valence-electron chi connectivity index (χ3n) is 3.14. The maximum atomic E-state index is 9.08. The molecular formula is C11H13ClN4O2. The van der Waals surface area contributed by atoms with Gasteiger partial charge < -0.3 is 20.1 Å². The summed E-state index contributed by atoms with van der Waals surface area (Å²) in [6.45, 7) is 0.0353. The minimum atomic E-state index is -0.134. The Morgan fingerprint density at radius 3 is 3.06 bits per heavy atom. The third kappa shape index (κ3) is 1.82. The Bertz CT molecular complexity index is 586. The van der Waals surface area contributed by atoms with Crippen LogP contribution in [0.4, 0.5) is 5.95 Å². The van der Waals surface area contributed by atoms with Crippen LogP contribution in [0.5, 0.6) is 0 Å². The molecule has 96 valence electrons. The summed E-state index contributed by atoms with van der Waals surface area (Å²) in [5.74, 6) is 0.143. The molecule has 0 unspecified atom stereocenters. The van der Waals surface area contributed by atoms with Gasteiger partial charge in [-0.15, -0.1) is 0 Å². The van der Waals surface area contributed by atoms with E-state index >= 15 is 0 Å². The summed E-state index contributed by atoms with van der Waals surface area (Å²) in [6, 6.07) is 1.84. The van der Waals surface area contributed by atoms with Crippen LogP contribution >= 0.6 is 11.6 Å². The number of aliphatic hydroxyl groups excluding tert-OH is 1. The molecule has 3 rings (SSSR count). The van der Waals surface area contributed by atoms with Gasteiger partial charge in [-0.25, -0.2) is 4.98 Å². The Morgan fingerprint density at radius 2 is 2.33 bits per heavy atom. The van der Waals surface area contributed by atoms with Gasteiger partial charge in [-0.1, -0.05) is 11.6 Å². The molecule has 0 radical (unpaired) electrons. The van der Waals surface area contributed by atoms with Gasteiger partial charge in [0.25, 0.3) is 0 Å². The van der Waals surface area contributed by atoms with Crippen molar-refractivity contribution in [3.05, 3.63) is 17.4 Å². The van der Waals surface area contributed by atoms with E-state index in [9.17, 15) is 0 Å². The zero-order valence-corrected chi connectivity index (χ0v) is 10.3. The maximum Gasteiger partial charge on any atom is 0.223 e. The average Bonchev–Trinajstić information content (AvgIpc) is 2.93. The first-order valence-corrected chi connectivity index (χ1v) is 6.12. The van der Waals surface area contributed by atoms with Gasteiger partial charge in [-0.05, 0) is 18.9 Å². The first kappa shape index (κ1) is 11.7. The van der Waals surface area contributed by atoms with E-state index in [-0.39, 0.29) is 24.9 Å². The van der Waals surface area contributed by atoms with Crippen LogP contribution in [0, 0.1) is 0 Å². The lowest BCUT2D eigenvalue weighted by molar-refractivity contribution is -0.0204. The van der Waals surface area contributed by atoms with E-state index in [0.717, 1.165) is 18.2 Å². The smallest absolute Gasteiger partial charge is 0.223 e. The van der Waals surface area contributed by atoms with Crippen molar-refractivity contribution in [1.29, 1.82) is 0 Å². The number of hydrogen-bond donors (Lipinski definition) is 2. The topological polar surface area (TPSA) is 86.2 Å². The molecule has 1 saturated heterocycles. The fraction of sp³-hybridized carbons (Fsp3) is 0.455. The highest BCUT2D eigenvalue weighted by Crippen LogP contribution is 2.32. The number of hydrogen-bond acceptors (Lipinski definition) is 5. The third-order valence-corrected chi connectivity index (χ3v) is 3.43. The predicted octanol–water partition coefficient (Wildman–Crippen LogP) is 1.34. The second kappa shape index (κ2) is 4.38. The van der Waals surface area contributed by atoms with Gasteiger partial charge in [0, 0.05) is 6.20 Å². The molecule has 1 aliphatic rings. The number of aromatic nitrogens is 3. The molecule has 6 nitrogen and oxygen atoms in total. The molecule has 1 aliphatic heterocycles. The Labute approximate surface area is 108 Å². The normalized spacial score (nSPS) is 23.9. The number of halogens is 1. The number of fused-ring (bicyclic) bond motifs is 1. The Morgan fingerprint density at radius 1 is 1.50 bits per heavy atom. The van der Waals surface area contributed by atoms with Crippen LogP contribution in [0.1, 0.15) is 19.1 Å². The van der Waals surface area contributed by atoms with Crippen LogP contribution in [0.15, 0.2) is 12.3 Å². The second-order valence-corrected chi connectivity index (χ2v) is 4.66. The predicted molar refractivity (Wildman–Crippen MR) is 67.2 cm³/mol. The van der Waals surface area contributed by atoms with E-state index in [2.05, 4.69) is 9.97 Å². The highest BCUT2D eigenvalue weighted by molar-refractivity contribution is 6.34. The van der Waals surface area contributed by atoms with Gasteiger partial charge in [0.2, 0.25) is 5.95 Å². The van der Waals surface area contributed by atoms with Crippen LogP contribution in [0.25, 0.3) is 11.0 Å². The van der Waals surface area contributed by atoms with Crippen LogP contribution in [-0.2, 0) is 4.74 Å². The van der Waals surface area contributed by atoms with Crippen molar-refractivity contribution < 1.29 is 9.84 Å². The number of ether oxygens (including phenoxy) is 1. The van der Waals surface area contributed by atoms with Crippen molar-refractivity contribution in [3.63, 3.8) is 0 Å². The van der Waals surface area contributed by atoms with E-state index in [1.807, 2.05) is 16.8 Å². The molecule has 0 spiro atoms. The van der Waals surface area contributed by atoms with Gasteiger partial charge in [-0.2, -0.15) is 4.98 Å². The summed E-state index contributed by atoms with van der Waals surface area (Å²) in [5.41, 5.74) is 6.27. The highest BCUT2D eigenvalue weighted by atomic mass is 35.5. The number of rotatable bonds is 2. The van der Waals surface area contributed by atoms with Crippen molar-refractivity contribution in [3.8, 4) is 0 Å². The van der Waals surface area contributed by atoms with Crippen molar-refractivity contribution in [1.82, 2.24) is 14.5 Å². The minimum absolute atomic E-state index is 0.0353. The van der Waals surface area contributed by atoms with Crippen molar-refractivity contribution in [2.45, 2.75) is 25.2 Å². The van der Waals surface area contributed by atoms with Crippen molar-refractivity contribution in [2.75, 3.05) is 12.3 Å². The van der Waals surface area contributed by atoms with Crippen LogP contribution < -0.4 is 5.73 Å². The van der Waals surface area contributed by atoms with Crippen molar-refractivity contribution >= 4 is 28.6 Å². The van der Waals surface area contributed by atoms with Gasteiger partial charge in [0.15, 0.2) is 0 Å². The number of nitrogens with two attached hydrogens (primary N) is 1. The molecule has 3 N–H and O–H groups in total. The van der Waals surface area contributed by atoms with Gasteiger partial charge in [-0.3, -0.25) is 0 Å². The standard InChI is InChI=1S/C11H13ClN4O2/c12-9-7-3-4-16(10(7)15-11(13)14-9)8-2-1-6(5-17)18-8/h3-4,6,8,17H,1-2,5H2,(H2,13,14,15)/t6-,8+/m0/s1. The summed E-state index contributed by atoms with van der Waals surface area (Å²) in [5, 5.41) is 10.2. The number of anilines is 1. The number of aliphatic hydroxyl groups is 1. The van der Waals surface area contributed by atoms with E-state index in [1.54, 1.807) is 0 Å². The lowest BCUT2D eigenvalue weighted by atomic mass is 10.2. The quantitative estimate of drug-likeness (QED) is 0.803. The molecule has 2 aromatic heterocycles. The molecule has 0 saturated carbocycles. The van der Waals surface area contributed by atoms with Crippen molar-refractivity contribution in [2.24, 2.45) is 0 Å². The Balaban J connectivity index is 2.03. The van der Waals surface area contributed by atoms with Gasteiger partial charge in [0.05, 0.1) is 18.1 Å². The fourth-order valence-corrected chi connectivity index (χ4v) is 2.50. The number of nitrogen functional groups attached to an aromatic ring is 1. The van der Waals surface area contributed by atoms with E-state index < -0.39 is 0 Å². The van der Waals surface area contributed by atoms with Gasteiger partial charge >= 0.3 is 0 Å². The lowest BCUT2D eigenvalue weighted by Gasteiger charge is -2.14. The SMILES string of the molecule is Nc1nc(Cl)c2ccn([C@H]3CC[C@@H](CO)O3)c2n1. The lowest BCUT2D eigenvalue weighted by Crippen LogP contribution is -2.14. The first-order chi connectivity index (χ1) is 8.69. The number of nitrogens with zero attached hydrogens (tertiary/aromatic N) is 3. The summed E-state index contributed by atoms with van der Waals surface area (Å²) in [6.07, 6.45) is 3.27. The summed E-state index contributed by atoms with van der Waals surface area (Å²) in [7, 11) is 0. The molecule has 0 amide bonds. The molecule has 18 heavy (non-hydrogen) atoms. The molecule has 0 bridgehead atoms. The van der Waals surface area contributed by atoms with Crippen LogP contribution in [0.2, 0.25) is 5.15 Å². The molecule has 2 aromatic rings. The van der Waals surface area contributed by atoms with Gasteiger partial charge in [0.1, 0.15) is 17.0 Å². The molecule has 7 heteroatoms. The molecule has 1 fully saturated rings. The van der Waals surface area contributed by atoms with Crippen LogP contribution in [0.3, 0.4) is 0 Å². The highest BCUT2D eigenvalue weighted by Gasteiger charge is 2.27. The maximum absolute atomic E-state index is 9.08. The summed E-state index contributed by atoms with van der Waals surface area (Å²) < 4.78 is 7.60. The van der Waals surface area contributed by atoms with E-state index in [1.165, 1.54) is 0 Å². The first-order valence-electron chi connectivity index (χ1n) is 5.75. The summed E-state index contributed by atoms with van der Waals surface area (Å²) >= 11 is 6.01. The van der Waals surface area contributed by atoms with E-state index in [0.29, 0.717) is 10.8 Å². The monoisotopic (exact) mass is 268 g/mol. The molecule has 0 aliphatic carbocycles. The fourth-order valence-electron chi connectivity index (χ4n) is 2.27. The second-order valence-electron chi connectivity index (χ2n) is 4.31. The Hall–Kier alpha value is -1.37. The molecular weight excluding hydrogens is 256 g/mol. The van der Waals surface area contributed by atoms with E-state index in [4.69, 9.17) is 27.2 Å². The molecule has 2 atom stereocenters. The zero-order chi connectivity index (χ0) is 12.7. The largest absolute Gasteiger partial charge is 0.394 e. The molecule has 3 heterocycles. The Kier molecular flexibility index (Phi) is 2.85. The summed E-state index contributed by atoms with van der Waals surface area (Å²) in [4.78, 5) is 8.11.